The maximum absolute atomic E-state index is 11.5. The summed E-state index contributed by atoms with van der Waals surface area (Å²) in [7, 11) is 1.77. The molecule has 1 atom stereocenters. The third-order valence-electron chi connectivity index (χ3n) is 3.67. The highest BCUT2D eigenvalue weighted by molar-refractivity contribution is 5.92. The molecular weight excluding hydrogens is 260 g/mol. The average Bonchev–Trinajstić information content (AvgIpc) is 2.84. The largest absolute Gasteiger partial charge is 0.478 e. The standard InChI is InChI=1S/C13H14N4O3/c1-16-7-9(3-5-12(16)18)17-11-4-2-8(13(19)20)6-10(11)14-15-17/h2,4,6,9H,3,5,7H2,1H3,(H,19,20). The van der Waals surface area contributed by atoms with Crippen molar-refractivity contribution in [2.24, 2.45) is 0 Å². The van der Waals surface area contributed by atoms with Gasteiger partial charge in [-0.1, -0.05) is 5.21 Å². The van der Waals surface area contributed by atoms with Gasteiger partial charge in [-0.05, 0) is 24.6 Å². The van der Waals surface area contributed by atoms with Crippen molar-refractivity contribution < 1.29 is 14.7 Å². The van der Waals surface area contributed by atoms with Crippen molar-refractivity contribution in [3.8, 4) is 0 Å². The van der Waals surface area contributed by atoms with Crippen LogP contribution in [0.1, 0.15) is 29.2 Å². The number of hydrogen-bond acceptors (Lipinski definition) is 4. The van der Waals surface area contributed by atoms with Crippen LogP contribution in [-0.4, -0.2) is 50.5 Å². The Hall–Kier alpha value is -2.44. The first kappa shape index (κ1) is 12.6. The molecule has 1 aromatic heterocycles. The third kappa shape index (κ3) is 2.01. The molecule has 0 spiro atoms. The average molecular weight is 274 g/mol. The molecule has 7 nitrogen and oxygen atoms in total. The quantitative estimate of drug-likeness (QED) is 0.879. The van der Waals surface area contributed by atoms with Gasteiger partial charge in [0.15, 0.2) is 0 Å². The van der Waals surface area contributed by atoms with Gasteiger partial charge in [-0.25, -0.2) is 9.48 Å². The zero-order valence-corrected chi connectivity index (χ0v) is 11.0. The number of piperidine rings is 1. The molecule has 1 aliphatic rings. The predicted molar refractivity (Wildman–Crippen MR) is 70.4 cm³/mol. The molecule has 1 unspecified atom stereocenters. The lowest BCUT2D eigenvalue weighted by Crippen LogP contribution is -2.38. The predicted octanol–water partition coefficient (Wildman–Crippen LogP) is 0.923. The van der Waals surface area contributed by atoms with Crippen LogP contribution in [0.15, 0.2) is 18.2 Å². The second-order valence-electron chi connectivity index (χ2n) is 5.01. The molecule has 1 amide bonds. The van der Waals surface area contributed by atoms with E-state index in [2.05, 4.69) is 10.3 Å². The number of carboxylic acid groups (broad SMARTS) is 1. The van der Waals surface area contributed by atoms with Gasteiger partial charge in [0, 0.05) is 20.0 Å². The number of carboxylic acids is 1. The smallest absolute Gasteiger partial charge is 0.335 e. The number of likely N-dealkylation sites (tertiary alicyclic amines) is 1. The molecular formula is C13H14N4O3. The maximum atomic E-state index is 11.5. The van der Waals surface area contributed by atoms with Gasteiger partial charge in [-0.3, -0.25) is 4.79 Å². The summed E-state index contributed by atoms with van der Waals surface area (Å²) in [4.78, 5) is 24.1. The molecule has 20 heavy (non-hydrogen) atoms. The van der Waals surface area contributed by atoms with Crippen LogP contribution < -0.4 is 0 Å². The Balaban J connectivity index is 1.97. The van der Waals surface area contributed by atoms with Crippen molar-refractivity contribution in [2.75, 3.05) is 13.6 Å². The van der Waals surface area contributed by atoms with Crippen LogP contribution in [0, 0.1) is 0 Å². The molecule has 0 aliphatic carbocycles. The van der Waals surface area contributed by atoms with E-state index in [0.29, 0.717) is 18.5 Å². The summed E-state index contributed by atoms with van der Waals surface area (Å²) in [5.74, 6) is -0.844. The van der Waals surface area contributed by atoms with Crippen molar-refractivity contribution in [3.05, 3.63) is 23.8 Å². The first-order valence-electron chi connectivity index (χ1n) is 6.38. The number of benzene rings is 1. The molecule has 0 saturated carbocycles. The molecule has 7 heteroatoms. The van der Waals surface area contributed by atoms with E-state index in [1.165, 1.54) is 6.07 Å². The van der Waals surface area contributed by atoms with Gasteiger partial charge in [-0.2, -0.15) is 0 Å². The first-order valence-corrected chi connectivity index (χ1v) is 6.38. The summed E-state index contributed by atoms with van der Waals surface area (Å²) in [6, 6.07) is 4.86. The van der Waals surface area contributed by atoms with Crippen LogP contribution in [0.25, 0.3) is 11.0 Å². The summed E-state index contributed by atoms with van der Waals surface area (Å²) in [6.07, 6.45) is 1.22. The fraction of sp³-hybridized carbons (Fsp3) is 0.385. The van der Waals surface area contributed by atoms with E-state index in [0.717, 1.165) is 11.9 Å². The summed E-state index contributed by atoms with van der Waals surface area (Å²) in [5, 5.41) is 17.1. The third-order valence-corrected chi connectivity index (χ3v) is 3.67. The summed E-state index contributed by atoms with van der Waals surface area (Å²) >= 11 is 0. The number of likely N-dealkylation sites (N-methyl/N-ethyl adjacent to an activating group) is 1. The normalized spacial score (nSPS) is 19.6. The molecule has 1 fully saturated rings. The minimum Gasteiger partial charge on any atom is -0.478 e. The summed E-state index contributed by atoms with van der Waals surface area (Å²) in [6.45, 7) is 0.595. The SMILES string of the molecule is CN1CC(n2nnc3cc(C(=O)O)ccc32)CCC1=O. The lowest BCUT2D eigenvalue weighted by atomic mass is 10.1. The summed E-state index contributed by atoms with van der Waals surface area (Å²) in [5.41, 5.74) is 1.55. The molecule has 0 bridgehead atoms. The number of carbonyl (C=O) groups excluding carboxylic acids is 1. The number of aromatic carboxylic acids is 1. The lowest BCUT2D eigenvalue weighted by molar-refractivity contribution is -0.133. The van der Waals surface area contributed by atoms with Crippen molar-refractivity contribution in [1.29, 1.82) is 0 Å². The highest BCUT2D eigenvalue weighted by Gasteiger charge is 2.26. The minimum atomic E-state index is -0.982. The zero-order valence-electron chi connectivity index (χ0n) is 11.0. The van der Waals surface area contributed by atoms with E-state index in [1.807, 2.05) is 0 Å². The van der Waals surface area contributed by atoms with Crippen LogP contribution >= 0.6 is 0 Å². The van der Waals surface area contributed by atoms with Crippen LogP contribution in [-0.2, 0) is 4.79 Å². The Morgan fingerprint density at radius 3 is 2.95 bits per heavy atom. The Kier molecular flexibility index (Phi) is 2.89. The topological polar surface area (TPSA) is 88.3 Å². The van der Waals surface area contributed by atoms with E-state index >= 15 is 0 Å². The molecule has 1 N–H and O–H groups in total. The van der Waals surface area contributed by atoms with Crippen molar-refractivity contribution in [1.82, 2.24) is 19.9 Å². The Morgan fingerprint density at radius 1 is 1.45 bits per heavy atom. The lowest BCUT2D eigenvalue weighted by Gasteiger charge is -2.29. The van der Waals surface area contributed by atoms with Gasteiger partial charge >= 0.3 is 5.97 Å². The number of fused-ring (bicyclic) bond motifs is 1. The minimum absolute atomic E-state index is 0.0818. The second-order valence-corrected chi connectivity index (χ2v) is 5.01. The van der Waals surface area contributed by atoms with Crippen LogP contribution in [0.4, 0.5) is 0 Å². The van der Waals surface area contributed by atoms with Gasteiger partial charge < -0.3 is 10.0 Å². The van der Waals surface area contributed by atoms with Crippen molar-refractivity contribution >= 4 is 22.9 Å². The van der Waals surface area contributed by atoms with Crippen molar-refractivity contribution in [2.45, 2.75) is 18.9 Å². The molecule has 1 aromatic carbocycles. The monoisotopic (exact) mass is 274 g/mol. The number of hydrogen-bond donors (Lipinski definition) is 1. The zero-order chi connectivity index (χ0) is 14.3. The Labute approximate surface area is 114 Å². The highest BCUT2D eigenvalue weighted by atomic mass is 16.4. The summed E-state index contributed by atoms with van der Waals surface area (Å²) < 4.78 is 1.78. The Bertz CT molecular complexity index is 694. The van der Waals surface area contributed by atoms with Gasteiger partial charge in [0.1, 0.15) is 5.52 Å². The second kappa shape index (κ2) is 4.59. The van der Waals surface area contributed by atoms with Gasteiger partial charge in [0.05, 0.1) is 17.1 Å². The number of amides is 1. The van der Waals surface area contributed by atoms with Crippen LogP contribution in [0.2, 0.25) is 0 Å². The fourth-order valence-corrected chi connectivity index (χ4v) is 2.53. The molecule has 1 aliphatic heterocycles. The molecule has 1 saturated heterocycles. The van der Waals surface area contributed by atoms with E-state index in [4.69, 9.17) is 5.11 Å². The van der Waals surface area contributed by atoms with Crippen molar-refractivity contribution in [3.63, 3.8) is 0 Å². The molecule has 3 rings (SSSR count). The molecule has 2 aromatic rings. The van der Waals surface area contributed by atoms with E-state index in [-0.39, 0.29) is 17.5 Å². The van der Waals surface area contributed by atoms with Gasteiger partial charge in [0.2, 0.25) is 5.91 Å². The van der Waals surface area contributed by atoms with E-state index < -0.39 is 5.97 Å². The van der Waals surface area contributed by atoms with Gasteiger partial charge in [0.25, 0.3) is 0 Å². The number of aromatic nitrogens is 3. The maximum Gasteiger partial charge on any atom is 0.335 e. The van der Waals surface area contributed by atoms with Crippen LogP contribution in [0.3, 0.4) is 0 Å². The molecule has 0 radical (unpaired) electrons. The highest BCUT2D eigenvalue weighted by Crippen LogP contribution is 2.24. The number of carbonyl (C=O) groups is 2. The van der Waals surface area contributed by atoms with E-state index in [1.54, 1.807) is 28.8 Å². The molecule has 2 heterocycles. The van der Waals surface area contributed by atoms with E-state index in [9.17, 15) is 9.59 Å². The molecule has 104 valence electrons. The number of rotatable bonds is 2. The number of nitrogens with zero attached hydrogens (tertiary/aromatic N) is 4. The Morgan fingerprint density at radius 2 is 2.25 bits per heavy atom. The fourth-order valence-electron chi connectivity index (χ4n) is 2.53. The van der Waals surface area contributed by atoms with Gasteiger partial charge in [-0.15, -0.1) is 5.10 Å². The first-order chi connectivity index (χ1) is 9.56. The van der Waals surface area contributed by atoms with Crippen LogP contribution in [0.5, 0.6) is 0 Å².